The van der Waals surface area contributed by atoms with E-state index in [-0.39, 0.29) is 16.4 Å². The lowest BCUT2D eigenvalue weighted by molar-refractivity contribution is -0.123. The van der Waals surface area contributed by atoms with Crippen molar-refractivity contribution in [2.45, 2.75) is 44.6 Å². The highest BCUT2D eigenvalue weighted by molar-refractivity contribution is 7.89. The van der Waals surface area contributed by atoms with Gasteiger partial charge in [-0.2, -0.15) is 0 Å². The van der Waals surface area contributed by atoms with E-state index in [1.54, 1.807) is 0 Å². The van der Waals surface area contributed by atoms with Crippen LogP contribution in [0.4, 0.5) is 5.69 Å². The van der Waals surface area contributed by atoms with Gasteiger partial charge in [-0.05, 0) is 49.1 Å². The minimum absolute atomic E-state index is 0.0273. The van der Waals surface area contributed by atoms with Crippen molar-refractivity contribution < 1.29 is 22.7 Å². The Hall–Kier alpha value is -2.71. The van der Waals surface area contributed by atoms with Gasteiger partial charge < -0.3 is 10.1 Å². The largest absolute Gasteiger partial charge is 0.449 e. The Morgan fingerprint density at radius 3 is 2.27 bits per heavy atom. The van der Waals surface area contributed by atoms with Crippen LogP contribution in [0.2, 0.25) is 0 Å². The van der Waals surface area contributed by atoms with Crippen LogP contribution in [-0.2, 0) is 19.6 Å². The summed E-state index contributed by atoms with van der Waals surface area (Å²) >= 11 is 0. The number of carbonyl (C=O) groups is 2. The van der Waals surface area contributed by atoms with Crippen LogP contribution in [0.1, 0.15) is 48.2 Å². The zero-order valence-electron chi connectivity index (χ0n) is 18.1. The summed E-state index contributed by atoms with van der Waals surface area (Å²) in [6.45, 7) is 7.43. The van der Waals surface area contributed by atoms with Gasteiger partial charge in [0, 0.05) is 19.8 Å². The fourth-order valence-corrected chi connectivity index (χ4v) is 3.79. The average molecular weight is 433 g/mol. The summed E-state index contributed by atoms with van der Waals surface area (Å²) < 4.78 is 30.9. The summed E-state index contributed by atoms with van der Waals surface area (Å²) in [6, 6.07) is 11.3. The van der Waals surface area contributed by atoms with E-state index in [9.17, 15) is 18.0 Å². The molecule has 0 aromatic heterocycles. The van der Waals surface area contributed by atoms with E-state index in [4.69, 9.17) is 4.74 Å². The van der Waals surface area contributed by atoms with Crippen molar-refractivity contribution >= 4 is 27.6 Å². The first-order valence-corrected chi connectivity index (χ1v) is 11.0. The Labute approximate surface area is 178 Å². The number of ether oxygens (including phenoxy) is 1. The first kappa shape index (κ1) is 23.6. The molecule has 7 nitrogen and oxygen atoms in total. The third-order valence-electron chi connectivity index (χ3n) is 4.68. The Morgan fingerprint density at radius 2 is 1.67 bits per heavy atom. The summed E-state index contributed by atoms with van der Waals surface area (Å²) in [5.41, 5.74) is 2.66. The van der Waals surface area contributed by atoms with Gasteiger partial charge in [0.25, 0.3) is 5.91 Å². The Balaban J connectivity index is 2.17. The maximum absolute atomic E-state index is 12.6. The quantitative estimate of drug-likeness (QED) is 0.676. The lowest BCUT2D eigenvalue weighted by Gasteiger charge is -2.19. The molecular formula is C22H28N2O5S. The first-order chi connectivity index (χ1) is 13.9. The summed E-state index contributed by atoms with van der Waals surface area (Å²) in [5, 5.41) is 2.85. The summed E-state index contributed by atoms with van der Waals surface area (Å²) in [7, 11) is -0.877. The van der Waals surface area contributed by atoms with Gasteiger partial charge in [-0.15, -0.1) is 0 Å². The van der Waals surface area contributed by atoms with Crippen LogP contribution in [0.15, 0.2) is 47.4 Å². The van der Waals surface area contributed by atoms with E-state index in [1.165, 1.54) is 45.3 Å². The van der Waals surface area contributed by atoms with Gasteiger partial charge in [-0.3, -0.25) is 4.79 Å². The highest BCUT2D eigenvalue weighted by Gasteiger charge is 2.23. The minimum Gasteiger partial charge on any atom is -0.449 e. The van der Waals surface area contributed by atoms with Gasteiger partial charge in [0.15, 0.2) is 6.10 Å². The normalized spacial score (nSPS) is 12.7. The van der Waals surface area contributed by atoms with Crippen LogP contribution in [0.3, 0.4) is 0 Å². The Kier molecular flexibility index (Phi) is 7.39. The van der Waals surface area contributed by atoms with Gasteiger partial charge >= 0.3 is 5.97 Å². The maximum atomic E-state index is 12.6. The number of nitrogens with one attached hydrogen (secondary N) is 1. The number of sulfonamides is 1. The molecule has 2 rings (SSSR count). The maximum Gasteiger partial charge on any atom is 0.338 e. The number of nitrogens with zero attached hydrogens (tertiary/aromatic N) is 1. The lowest BCUT2D eigenvalue weighted by atomic mass is 9.98. The van der Waals surface area contributed by atoms with Gasteiger partial charge in [-0.1, -0.05) is 38.1 Å². The number of benzene rings is 2. The van der Waals surface area contributed by atoms with Crippen molar-refractivity contribution in [2.75, 3.05) is 19.4 Å². The minimum atomic E-state index is -3.69. The molecule has 0 radical (unpaired) electrons. The molecule has 0 heterocycles. The number of carbonyl (C=O) groups excluding carboxylic acids is 2. The molecule has 2 aromatic carbocycles. The average Bonchev–Trinajstić information content (AvgIpc) is 2.69. The molecule has 30 heavy (non-hydrogen) atoms. The van der Waals surface area contributed by atoms with Crippen molar-refractivity contribution in [2.24, 2.45) is 0 Å². The lowest BCUT2D eigenvalue weighted by Crippen LogP contribution is -2.30. The van der Waals surface area contributed by atoms with E-state index in [0.29, 0.717) is 5.69 Å². The van der Waals surface area contributed by atoms with Gasteiger partial charge in [-0.25, -0.2) is 17.5 Å². The zero-order valence-corrected chi connectivity index (χ0v) is 18.9. The number of rotatable bonds is 7. The number of hydrogen-bond acceptors (Lipinski definition) is 5. The molecule has 0 fully saturated rings. The van der Waals surface area contributed by atoms with E-state index in [0.717, 1.165) is 15.4 Å². The fourth-order valence-electron chi connectivity index (χ4n) is 2.84. The number of para-hydroxylation sites is 1. The van der Waals surface area contributed by atoms with Crippen molar-refractivity contribution in [1.29, 1.82) is 0 Å². The third-order valence-corrected chi connectivity index (χ3v) is 6.49. The van der Waals surface area contributed by atoms with Crippen LogP contribution in [0, 0.1) is 6.92 Å². The van der Waals surface area contributed by atoms with E-state index >= 15 is 0 Å². The SMILES string of the molecule is Cc1cccc(C(C)C)c1NC(=O)C(C)OC(=O)c1cccc(S(=O)(=O)N(C)C)c1. The monoisotopic (exact) mass is 432 g/mol. The topological polar surface area (TPSA) is 92.8 Å². The third kappa shape index (κ3) is 5.25. The molecule has 1 amide bonds. The molecule has 1 atom stereocenters. The van der Waals surface area contributed by atoms with Crippen LogP contribution >= 0.6 is 0 Å². The van der Waals surface area contributed by atoms with Crippen molar-refractivity contribution in [3.63, 3.8) is 0 Å². The first-order valence-electron chi connectivity index (χ1n) is 9.59. The molecule has 0 aliphatic rings. The van der Waals surface area contributed by atoms with E-state index < -0.39 is 28.0 Å². The molecule has 162 valence electrons. The predicted molar refractivity (Wildman–Crippen MR) is 116 cm³/mol. The number of aryl methyl sites for hydroxylation is 1. The second kappa shape index (κ2) is 9.40. The summed E-state index contributed by atoms with van der Waals surface area (Å²) in [4.78, 5) is 25.1. The molecule has 1 N–H and O–H groups in total. The standard InChI is InChI=1S/C22H28N2O5S/c1-14(2)19-12-7-9-15(3)20(19)23-21(25)16(4)29-22(26)17-10-8-11-18(13-17)30(27,28)24(5)6/h7-14,16H,1-6H3,(H,23,25). The molecule has 1 unspecified atom stereocenters. The zero-order chi connectivity index (χ0) is 22.6. The molecule has 0 spiro atoms. The van der Waals surface area contributed by atoms with Crippen LogP contribution in [0.25, 0.3) is 0 Å². The highest BCUT2D eigenvalue weighted by atomic mass is 32.2. The Bertz CT molecular complexity index is 1050. The molecule has 2 aromatic rings. The Morgan fingerprint density at radius 1 is 1.03 bits per heavy atom. The van der Waals surface area contributed by atoms with Crippen LogP contribution in [0.5, 0.6) is 0 Å². The smallest absolute Gasteiger partial charge is 0.338 e. The van der Waals surface area contributed by atoms with Crippen LogP contribution < -0.4 is 5.32 Å². The van der Waals surface area contributed by atoms with E-state index in [2.05, 4.69) is 5.32 Å². The molecular weight excluding hydrogens is 404 g/mol. The van der Waals surface area contributed by atoms with Crippen molar-refractivity contribution in [1.82, 2.24) is 4.31 Å². The fraction of sp³-hybridized carbons (Fsp3) is 0.364. The molecule has 0 saturated carbocycles. The molecule has 0 saturated heterocycles. The molecule has 0 bridgehead atoms. The van der Waals surface area contributed by atoms with Crippen molar-refractivity contribution in [3.05, 3.63) is 59.2 Å². The van der Waals surface area contributed by atoms with Gasteiger partial charge in [0.05, 0.1) is 10.5 Å². The van der Waals surface area contributed by atoms with Crippen molar-refractivity contribution in [3.8, 4) is 0 Å². The van der Waals surface area contributed by atoms with Gasteiger partial charge in [0.2, 0.25) is 10.0 Å². The number of amides is 1. The van der Waals surface area contributed by atoms with E-state index in [1.807, 2.05) is 39.0 Å². The second-order valence-electron chi connectivity index (χ2n) is 7.55. The predicted octanol–water partition coefficient (Wildman–Crippen LogP) is 3.55. The number of anilines is 1. The summed E-state index contributed by atoms with van der Waals surface area (Å²) in [6.07, 6.45) is -1.06. The number of esters is 1. The van der Waals surface area contributed by atoms with Crippen LogP contribution in [-0.4, -0.2) is 44.8 Å². The second-order valence-corrected chi connectivity index (χ2v) is 9.70. The highest BCUT2D eigenvalue weighted by Crippen LogP contribution is 2.27. The van der Waals surface area contributed by atoms with Gasteiger partial charge in [0.1, 0.15) is 0 Å². The molecule has 0 aliphatic carbocycles. The molecule has 0 aliphatic heterocycles. The molecule has 8 heteroatoms. The number of hydrogen-bond donors (Lipinski definition) is 1. The summed E-state index contributed by atoms with van der Waals surface area (Å²) in [5.74, 6) is -1.03.